The highest BCUT2D eigenvalue weighted by molar-refractivity contribution is 5.92. The van der Waals surface area contributed by atoms with E-state index in [9.17, 15) is 14.7 Å². The smallest absolute Gasteiger partial charge is 0.338 e. The van der Waals surface area contributed by atoms with Crippen LogP contribution in [0.5, 0.6) is 0 Å². The first-order valence-corrected chi connectivity index (χ1v) is 8.65. The molecule has 25 heavy (non-hydrogen) atoms. The first kappa shape index (κ1) is 16.4. The van der Waals surface area contributed by atoms with E-state index in [0.717, 1.165) is 24.0 Å². The fourth-order valence-corrected chi connectivity index (χ4v) is 4.38. The zero-order chi connectivity index (χ0) is 17.9. The van der Waals surface area contributed by atoms with Gasteiger partial charge >= 0.3 is 11.9 Å². The highest BCUT2D eigenvalue weighted by Gasteiger charge is 2.53. The number of cyclic esters (lactones) is 1. The monoisotopic (exact) mass is 346 g/mol. The van der Waals surface area contributed by atoms with Crippen molar-refractivity contribution in [3.63, 3.8) is 0 Å². The fourth-order valence-electron chi connectivity index (χ4n) is 4.38. The minimum absolute atomic E-state index is 0.0919. The van der Waals surface area contributed by atoms with Gasteiger partial charge in [-0.25, -0.2) is 9.59 Å². The Morgan fingerprint density at radius 3 is 2.72 bits per heavy atom. The molecule has 0 saturated carbocycles. The van der Waals surface area contributed by atoms with Crippen LogP contribution in [-0.4, -0.2) is 35.5 Å². The fraction of sp³-hybridized carbons (Fsp3) is 0.579. The molecule has 0 spiro atoms. The molecule has 4 aliphatic rings. The number of hydrogen-bond donors (Lipinski definition) is 1. The van der Waals surface area contributed by atoms with Crippen LogP contribution in [0.15, 0.2) is 34.6 Å². The lowest BCUT2D eigenvalue weighted by Crippen LogP contribution is -2.31. The molecule has 6 nitrogen and oxygen atoms in total. The molecule has 0 unspecified atom stereocenters. The second-order valence-electron chi connectivity index (χ2n) is 7.85. The highest BCUT2D eigenvalue weighted by Crippen LogP contribution is 2.54. The van der Waals surface area contributed by atoms with Gasteiger partial charge in [0.15, 0.2) is 0 Å². The summed E-state index contributed by atoms with van der Waals surface area (Å²) in [4.78, 5) is 23.7. The maximum Gasteiger partial charge on any atom is 0.338 e. The molecule has 0 aromatic rings. The van der Waals surface area contributed by atoms with Crippen LogP contribution in [0, 0.1) is 11.3 Å². The molecule has 2 heterocycles. The van der Waals surface area contributed by atoms with Gasteiger partial charge in [0.1, 0.15) is 6.10 Å². The van der Waals surface area contributed by atoms with Crippen LogP contribution in [0.4, 0.5) is 0 Å². The molecule has 0 amide bonds. The topological polar surface area (TPSA) is 82.1 Å². The number of fused-ring (bicyclic) bond motifs is 2. The summed E-state index contributed by atoms with van der Waals surface area (Å²) in [5, 5.41) is 10.4. The van der Waals surface area contributed by atoms with Gasteiger partial charge in [-0.2, -0.15) is 0 Å². The number of ether oxygens (including phenoxy) is 3. The quantitative estimate of drug-likeness (QED) is 0.357. The summed E-state index contributed by atoms with van der Waals surface area (Å²) in [5.41, 5.74) is 2.91. The molecule has 0 bridgehead atoms. The Kier molecular flexibility index (Phi) is 3.58. The van der Waals surface area contributed by atoms with Crippen LogP contribution in [0.2, 0.25) is 0 Å². The largest absolute Gasteiger partial charge is 0.458 e. The number of aliphatic hydroxyl groups excluding tert-OH is 1. The molecule has 2 aliphatic carbocycles. The summed E-state index contributed by atoms with van der Waals surface area (Å²) in [6.07, 6.45) is 3.53. The molecule has 134 valence electrons. The Hall–Kier alpha value is -2.08. The van der Waals surface area contributed by atoms with E-state index in [4.69, 9.17) is 14.2 Å². The summed E-state index contributed by atoms with van der Waals surface area (Å²) < 4.78 is 16.1. The lowest BCUT2D eigenvalue weighted by atomic mass is 9.71. The Labute approximate surface area is 146 Å². The van der Waals surface area contributed by atoms with E-state index < -0.39 is 24.3 Å². The first-order chi connectivity index (χ1) is 11.8. The summed E-state index contributed by atoms with van der Waals surface area (Å²) in [6, 6.07) is 0. The van der Waals surface area contributed by atoms with E-state index in [1.807, 2.05) is 0 Å². The minimum Gasteiger partial charge on any atom is -0.458 e. The summed E-state index contributed by atoms with van der Waals surface area (Å²) in [7, 11) is 0. The van der Waals surface area contributed by atoms with Crippen LogP contribution in [0.1, 0.15) is 40.0 Å². The van der Waals surface area contributed by atoms with E-state index in [1.165, 1.54) is 6.26 Å². The molecule has 1 saturated heterocycles. The van der Waals surface area contributed by atoms with E-state index in [2.05, 4.69) is 13.8 Å². The predicted molar refractivity (Wildman–Crippen MR) is 86.8 cm³/mol. The molecule has 1 fully saturated rings. The second kappa shape index (κ2) is 5.46. The number of carbonyl (C=O) groups excluding carboxylic acids is 2. The maximum atomic E-state index is 12.3. The van der Waals surface area contributed by atoms with Crippen molar-refractivity contribution in [3.8, 4) is 0 Å². The van der Waals surface area contributed by atoms with Gasteiger partial charge in [-0.1, -0.05) is 13.8 Å². The molecule has 2 aliphatic heterocycles. The molecule has 0 radical (unpaired) electrons. The van der Waals surface area contributed by atoms with E-state index in [-0.39, 0.29) is 17.4 Å². The number of rotatable bonds is 2. The van der Waals surface area contributed by atoms with Crippen molar-refractivity contribution in [2.75, 3.05) is 0 Å². The zero-order valence-electron chi connectivity index (χ0n) is 14.6. The van der Waals surface area contributed by atoms with Crippen molar-refractivity contribution in [3.05, 3.63) is 34.6 Å². The van der Waals surface area contributed by atoms with Gasteiger partial charge in [-0.05, 0) is 42.7 Å². The molecule has 1 N–H and O–H groups in total. The Balaban J connectivity index is 1.57. The first-order valence-electron chi connectivity index (χ1n) is 8.65. The van der Waals surface area contributed by atoms with Gasteiger partial charge in [-0.3, -0.25) is 0 Å². The van der Waals surface area contributed by atoms with Crippen LogP contribution in [-0.2, 0) is 23.8 Å². The number of esters is 2. The van der Waals surface area contributed by atoms with Crippen LogP contribution in [0.25, 0.3) is 0 Å². The van der Waals surface area contributed by atoms with Crippen molar-refractivity contribution in [2.24, 2.45) is 11.3 Å². The van der Waals surface area contributed by atoms with E-state index in [0.29, 0.717) is 17.6 Å². The molecule has 0 aromatic heterocycles. The third kappa shape index (κ3) is 2.51. The van der Waals surface area contributed by atoms with Crippen LogP contribution in [0.3, 0.4) is 0 Å². The lowest BCUT2D eigenvalue weighted by Gasteiger charge is -2.36. The van der Waals surface area contributed by atoms with Gasteiger partial charge in [0.25, 0.3) is 6.29 Å². The molecule has 6 heteroatoms. The molecular weight excluding hydrogens is 324 g/mol. The van der Waals surface area contributed by atoms with Gasteiger partial charge in [0.2, 0.25) is 0 Å². The second-order valence-corrected chi connectivity index (χ2v) is 7.85. The van der Waals surface area contributed by atoms with Crippen molar-refractivity contribution >= 4 is 11.9 Å². The summed E-state index contributed by atoms with van der Waals surface area (Å²) in [6.45, 7) is 5.92. The average Bonchev–Trinajstić information content (AvgIpc) is 3.15. The van der Waals surface area contributed by atoms with Crippen molar-refractivity contribution in [1.82, 2.24) is 0 Å². The highest BCUT2D eigenvalue weighted by atomic mass is 16.7. The zero-order valence-corrected chi connectivity index (χ0v) is 14.6. The standard InChI is InChI=1S/C19H22O6/c1-9-6-14(24-17(9)21)23-8-12-10-7-11-13(20)4-5-19(2,3)15(11)16(10)25-18(12)22/h6,8,10,13-14,16,20H,4-5,7H2,1-3H3/b12-8-/t10-,13-,14-,16+/m1/s1. The van der Waals surface area contributed by atoms with E-state index in [1.54, 1.807) is 13.0 Å². The molecule has 0 aromatic carbocycles. The van der Waals surface area contributed by atoms with Crippen molar-refractivity contribution in [2.45, 2.75) is 58.5 Å². The van der Waals surface area contributed by atoms with E-state index >= 15 is 0 Å². The lowest BCUT2D eigenvalue weighted by molar-refractivity contribution is -0.152. The van der Waals surface area contributed by atoms with Gasteiger partial charge in [-0.15, -0.1) is 0 Å². The Morgan fingerprint density at radius 2 is 2.04 bits per heavy atom. The SMILES string of the molecule is CC1=C[C@H](O/C=C2\C(=O)O[C@@H]3C4=C(C[C@H]23)[C@H](O)CCC4(C)C)OC1=O. The number of aliphatic hydroxyl groups is 1. The minimum atomic E-state index is -0.808. The number of hydrogen-bond acceptors (Lipinski definition) is 6. The normalized spacial score (nSPS) is 37.6. The Bertz CT molecular complexity index is 741. The average molecular weight is 346 g/mol. The number of carbonyl (C=O) groups is 2. The third-order valence-electron chi connectivity index (χ3n) is 5.74. The predicted octanol–water partition coefficient (Wildman–Crippen LogP) is 2.14. The summed E-state index contributed by atoms with van der Waals surface area (Å²) in [5.74, 6) is -0.965. The van der Waals surface area contributed by atoms with Crippen LogP contribution >= 0.6 is 0 Å². The molecule has 4 atom stereocenters. The van der Waals surface area contributed by atoms with Gasteiger partial charge in [0, 0.05) is 17.6 Å². The molecule has 4 rings (SSSR count). The molecular formula is C19H22O6. The van der Waals surface area contributed by atoms with Crippen LogP contribution < -0.4 is 0 Å². The Morgan fingerprint density at radius 1 is 1.28 bits per heavy atom. The van der Waals surface area contributed by atoms with Gasteiger partial charge < -0.3 is 19.3 Å². The van der Waals surface area contributed by atoms with Crippen molar-refractivity contribution in [1.29, 1.82) is 0 Å². The third-order valence-corrected chi connectivity index (χ3v) is 5.74. The maximum absolute atomic E-state index is 12.3. The van der Waals surface area contributed by atoms with Gasteiger partial charge in [0.05, 0.1) is 17.9 Å². The summed E-state index contributed by atoms with van der Waals surface area (Å²) >= 11 is 0. The van der Waals surface area contributed by atoms with Crippen molar-refractivity contribution < 1.29 is 28.9 Å².